The minimum absolute atomic E-state index is 0.0524. The molecule has 0 saturated heterocycles. The van der Waals surface area contributed by atoms with Crippen molar-refractivity contribution in [1.29, 1.82) is 0 Å². The van der Waals surface area contributed by atoms with Crippen LogP contribution in [-0.4, -0.2) is 65.4 Å². The van der Waals surface area contributed by atoms with Gasteiger partial charge in [0.1, 0.15) is 22.9 Å². The molecule has 5 aromatic rings. The van der Waals surface area contributed by atoms with Crippen LogP contribution in [-0.2, 0) is 4.74 Å². The van der Waals surface area contributed by atoms with E-state index in [1.54, 1.807) is 80.0 Å². The SMILES string of the molecule is CCCCOC(=O)N1CC=C(c2cc(C(=O)Nc3ccc(Oc4ccnc5cc(OC)c(OC)cc45)cn3)c(=O)n(-c3ccccc3)c2)CC1. The number of nitrogens with zero attached hydrogens (tertiary/aromatic N) is 4. The molecule has 0 aliphatic carbocycles. The van der Waals surface area contributed by atoms with E-state index in [1.807, 2.05) is 31.2 Å². The molecule has 6 rings (SSSR count). The number of benzene rings is 2. The lowest BCUT2D eigenvalue weighted by Gasteiger charge is -2.26. The van der Waals surface area contributed by atoms with E-state index < -0.39 is 11.5 Å². The van der Waals surface area contributed by atoms with Gasteiger partial charge in [0, 0.05) is 42.6 Å². The summed E-state index contributed by atoms with van der Waals surface area (Å²) in [5.74, 6) is 1.66. The maximum absolute atomic E-state index is 13.7. The summed E-state index contributed by atoms with van der Waals surface area (Å²) in [5, 5.41) is 3.47. The largest absolute Gasteiger partial charge is 0.493 e. The fourth-order valence-corrected chi connectivity index (χ4v) is 5.55. The number of unbranched alkanes of at least 4 members (excludes halogenated alkanes) is 1. The Hall–Kier alpha value is -6.17. The van der Waals surface area contributed by atoms with Crippen molar-refractivity contribution in [2.45, 2.75) is 26.2 Å². The van der Waals surface area contributed by atoms with Gasteiger partial charge in [0.25, 0.3) is 11.5 Å². The van der Waals surface area contributed by atoms with Gasteiger partial charge in [-0.3, -0.25) is 19.1 Å². The van der Waals surface area contributed by atoms with Crippen molar-refractivity contribution < 1.29 is 28.5 Å². The quantitative estimate of drug-likeness (QED) is 0.149. The number of hydrogen-bond acceptors (Lipinski definition) is 9. The van der Waals surface area contributed by atoms with Crippen LogP contribution in [0.1, 0.15) is 42.1 Å². The van der Waals surface area contributed by atoms with Gasteiger partial charge >= 0.3 is 6.09 Å². The van der Waals surface area contributed by atoms with E-state index in [0.29, 0.717) is 71.3 Å². The fourth-order valence-electron chi connectivity index (χ4n) is 5.55. The second-order valence-electron chi connectivity index (χ2n) is 11.5. The first-order valence-corrected chi connectivity index (χ1v) is 16.3. The summed E-state index contributed by atoms with van der Waals surface area (Å²) in [7, 11) is 3.12. The standard InChI is InChI=1S/C38H37N5O7/c1-4-5-19-49-38(46)42-17-14-25(15-18-42)26-20-30(37(45)43(24-26)27-9-7-6-8-10-27)36(44)41-35-12-11-28(23-40-35)50-32-13-16-39-31-22-34(48-3)33(47-2)21-29(31)32/h6-14,16,20-24H,4-5,15,17-19H2,1-3H3,(H,40,41,44). The van der Waals surface area contributed by atoms with Crippen LogP contribution < -0.4 is 25.1 Å². The normalized spacial score (nSPS) is 12.6. The summed E-state index contributed by atoms with van der Waals surface area (Å²) in [6.07, 6.45) is 8.72. The van der Waals surface area contributed by atoms with Crippen LogP contribution >= 0.6 is 0 Å². The molecule has 256 valence electrons. The Morgan fingerprint density at radius 3 is 2.44 bits per heavy atom. The van der Waals surface area contributed by atoms with E-state index in [0.717, 1.165) is 18.4 Å². The van der Waals surface area contributed by atoms with Crippen molar-refractivity contribution in [2.24, 2.45) is 0 Å². The Kier molecular flexibility index (Phi) is 10.4. The third kappa shape index (κ3) is 7.44. The average Bonchev–Trinajstić information content (AvgIpc) is 3.15. The first-order chi connectivity index (χ1) is 24.4. The highest BCUT2D eigenvalue weighted by Gasteiger charge is 2.22. The van der Waals surface area contributed by atoms with E-state index >= 15 is 0 Å². The molecule has 2 amide bonds. The third-order valence-electron chi connectivity index (χ3n) is 8.27. The van der Waals surface area contributed by atoms with Crippen molar-refractivity contribution in [3.63, 3.8) is 0 Å². The van der Waals surface area contributed by atoms with Crippen LogP contribution in [0.5, 0.6) is 23.0 Å². The summed E-state index contributed by atoms with van der Waals surface area (Å²) in [5.41, 5.74) is 2.36. The Labute approximate surface area is 288 Å². The number of carbonyl (C=O) groups excluding carboxylic acids is 2. The molecular weight excluding hydrogens is 638 g/mol. The van der Waals surface area contributed by atoms with Crippen molar-refractivity contribution >= 4 is 34.3 Å². The van der Waals surface area contributed by atoms with Gasteiger partial charge in [-0.15, -0.1) is 0 Å². The number of methoxy groups -OCH3 is 2. The molecule has 0 atom stereocenters. The van der Waals surface area contributed by atoms with Crippen LogP contribution in [0.4, 0.5) is 10.6 Å². The zero-order chi connectivity index (χ0) is 35.0. The number of rotatable bonds is 11. The minimum Gasteiger partial charge on any atom is -0.493 e. The second kappa shape index (κ2) is 15.4. The molecule has 4 heterocycles. The van der Waals surface area contributed by atoms with Gasteiger partial charge in [-0.25, -0.2) is 9.78 Å². The molecule has 0 spiro atoms. The van der Waals surface area contributed by atoms with Crippen LogP contribution in [0.3, 0.4) is 0 Å². The number of para-hydroxylation sites is 1. The van der Waals surface area contributed by atoms with Crippen molar-refractivity contribution in [1.82, 2.24) is 19.4 Å². The van der Waals surface area contributed by atoms with Crippen LogP contribution in [0.25, 0.3) is 22.2 Å². The lowest BCUT2D eigenvalue weighted by molar-refractivity contribution is 0.102. The molecule has 12 heteroatoms. The summed E-state index contributed by atoms with van der Waals surface area (Å²) in [4.78, 5) is 50.2. The van der Waals surface area contributed by atoms with Crippen molar-refractivity contribution in [3.05, 3.63) is 113 Å². The third-order valence-corrected chi connectivity index (χ3v) is 8.27. The molecule has 0 fully saturated rings. The number of carbonyl (C=O) groups is 2. The van der Waals surface area contributed by atoms with E-state index in [9.17, 15) is 14.4 Å². The minimum atomic E-state index is -0.610. The molecule has 12 nitrogen and oxygen atoms in total. The predicted molar refractivity (Wildman–Crippen MR) is 190 cm³/mol. The maximum Gasteiger partial charge on any atom is 0.410 e. The topological polar surface area (TPSA) is 134 Å². The highest BCUT2D eigenvalue weighted by Crippen LogP contribution is 2.37. The van der Waals surface area contributed by atoms with Crippen LogP contribution in [0, 0.1) is 0 Å². The first-order valence-electron chi connectivity index (χ1n) is 16.3. The maximum atomic E-state index is 13.7. The molecule has 0 unspecified atom stereocenters. The number of nitrogens with one attached hydrogen (secondary N) is 1. The number of aromatic nitrogens is 3. The van der Waals surface area contributed by atoms with E-state index in [1.165, 1.54) is 10.8 Å². The zero-order valence-corrected chi connectivity index (χ0v) is 28.0. The Morgan fingerprint density at radius 2 is 1.74 bits per heavy atom. The lowest BCUT2D eigenvalue weighted by Crippen LogP contribution is -2.35. The molecule has 0 radical (unpaired) electrons. The Morgan fingerprint density at radius 1 is 0.940 bits per heavy atom. The number of fused-ring (bicyclic) bond motifs is 1. The van der Waals surface area contributed by atoms with Crippen LogP contribution in [0.2, 0.25) is 0 Å². The average molecular weight is 676 g/mol. The van der Waals surface area contributed by atoms with Gasteiger partial charge in [0.05, 0.1) is 32.5 Å². The lowest BCUT2D eigenvalue weighted by atomic mass is 9.99. The molecule has 1 N–H and O–H groups in total. The van der Waals surface area contributed by atoms with E-state index in [-0.39, 0.29) is 17.5 Å². The van der Waals surface area contributed by atoms with Gasteiger partial charge in [-0.05, 0) is 66.4 Å². The molecule has 50 heavy (non-hydrogen) atoms. The summed E-state index contributed by atoms with van der Waals surface area (Å²) >= 11 is 0. The molecular formula is C38H37N5O7. The summed E-state index contributed by atoms with van der Waals surface area (Å²) in [6, 6.07) is 19.2. The van der Waals surface area contributed by atoms with E-state index in [2.05, 4.69) is 15.3 Å². The van der Waals surface area contributed by atoms with Gasteiger partial charge in [-0.1, -0.05) is 37.6 Å². The highest BCUT2D eigenvalue weighted by molar-refractivity contribution is 6.04. The Balaban J connectivity index is 1.23. The zero-order valence-electron chi connectivity index (χ0n) is 28.0. The smallest absolute Gasteiger partial charge is 0.410 e. The molecule has 2 aromatic carbocycles. The summed E-state index contributed by atoms with van der Waals surface area (Å²) in [6.45, 7) is 3.25. The molecule has 1 aliphatic rings. The van der Waals surface area contributed by atoms with Gasteiger partial charge in [-0.2, -0.15) is 0 Å². The molecule has 1 aliphatic heterocycles. The monoisotopic (exact) mass is 675 g/mol. The van der Waals surface area contributed by atoms with Gasteiger partial charge < -0.3 is 29.2 Å². The predicted octanol–water partition coefficient (Wildman–Crippen LogP) is 6.87. The molecule has 0 saturated carbocycles. The number of anilines is 1. The summed E-state index contributed by atoms with van der Waals surface area (Å²) < 4.78 is 23.8. The highest BCUT2D eigenvalue weighted by atomic mass is 16.6. The number of hydrogen-bond donors (Lipinski definition) is 1. The van der Waals surface area contributed by atoms with Crippen LogP contribution in [0.15, 0.2) is 96.2 Å². The first kappa shape index (κ1) is 33.7. The second-order valence-corrected chi connectivity index (χ2v) is 11.5. The fraction of sp³-hybridized carbons (Fsp3) is 0.237. The Bertz CT molecular complexity index is 2100. The van der Waals surface area contributed by atoms with Crippen molar-refractivity contribution in [3.8, 4) is 28.7 Å². The van der Waals surface area contributed by atoms with Gasteiger partial charge in [0.15, 0.2) is 11.5 Å². The van der Waals surface area contributed by atoms with Crippen molar-refractivity contribution in [2.75, 3.05) is 39.2 Å². The number of amides is 2. The molecule has 0 bridgehead atoms. The number of ether oxygens (including phenoxy) is 4. The number of pyridine rings is 3. The van der Waals surface area contributed by atoms with E-state index in [4.69, 9.17) is 18.9 Å². The molecule has 3 aromatic heterocycles. The van der Waals surface area contributed by atoms with Gasteiger partial charge in [0.2, 0.25) is 0 Å².